The van der Waals surface area contributed by atoms with Crippen molar-refractivity contribution in [2.75, 3.05) is 6.54 Å². The number of nitrogens with zero attached hydrogens (tertiary/aromatic N) is 2. The summed E-state index contributed by atoms with van der Waals surface area (Å²) < 4.78 is 2.32. The monoisotopic (exact) mass is 277 g/mol. The lowest BCUT2D eigenvalue weighted by atomic mass is 9.80. The summed E-state index contributed by atoms with van der Waals surface area (Å²) in [6.07, 6.45) is 5.13. The van der Waals surface area contributed by atoms with Crippen LogP contribution in [0.5, 0.6) is 0 Å². The van der Waals surface area contributed by atoms with E-state index < -0.39 is 0 Å². The molecule has 3 heteroatoms. The zero-order valence-electron chi connectivity index (χ0n) is 13.9. The molecule has 1 aromatic rings. The minimum atomic E-state index is 0.604. The highest BCUT2D eigenvalue weighted by Crippen LogP contribution is 2.36. The van der Waals surface area contributed by atoms with Crippen molar-refractivity contribution in [1.82, 2.24) is 15.1 Å². The van der Waals surface area contributed by atoms with Crippen molar-refractivity contribution in [2.24, 2.45) is 11.8 Å². The fourth-order valence-corrected chi connectivity index (χ4v) is 3.80. The minimum absolute atomic E-state index is 0.604. The maximum Gasteiger partial charge on any atom is 0.0641 e. The second kappa shape index (κ2) is 6.75. The summed E-state index contributed by atoms with van der Waals surface area (Å²) in [5.74, 6) is 1.66. The standard InChI is InChI=1S/C17H31N3/c1-6-7-18-11-17-14(4)19-20(15(17)5)16-9-12(2)8-13(3)10-16/h12-13,16,18H,6-11H2,1-5H3. The predicted molar refractivity (Wildman–Crippen MR) is 84.9 cm³/mol. The van der Waals surface area contributed by atoms with Gasteiger partial charge in [0.1, 0.15) is 0 Å². The van der Waals surface area contributed by atoms with Crippen LogP contribution >= 0.6 is 0 Å². The lowest BCUT2D eigenvalue weighted by molar-refractivity contribution is 0.207. The second-order valence-electron chi connectivity index (χ2n) is 6.84. The summed E-state index contributed by atoms with van der Waals surface area (Å²) in [5.41, 5.74) is 3.98. The third-order valence-electron chi connectivity index (χ3n) is 4.70. The van der Waals surface area contributed by atoms with Crippen LogP contribution in [0.4, 0.5) is 0 Å². The van der Waals surface area contributed by atoms with E-state index in [0.717, 1.165) is 24.9 Å². The van der Waals surface area contributed by atoms with Crippen LogP contribution in [-0.4, -0.2) is 16.3 Å². The van der Waals surface area contributed by atoms with Crippen LogP contribution in [0.2, 0.25) is 0 Å². The van der Waals surface area contributed by atoms with Crippen LogP contribution < -0.4 is 5.32 Å². The van der Waals surface area contributed by atoms with Crippen molar-refractivity contribution in [3.63, 3.8) is 0 Å². The predicted octanol–water partition coefficient (Wildman–Crippen LogP) is 4.00. The third kappa shape index (κ3) is 3.43. The molecule has 20 heavy (non-hydrogen) atoms. The molecular weight excluding hydrogens is 246 g/mol. The number of hydrogen-bond donors (Lipinski definition) is 1. The highest BCUT2D eigenvalue weighted by atomic mass is 15.3. The molecule has 3 nitrogen and oxygen atoms in total. The molecule has 1 aromatic heterocycles. The van der Waals surface area contributed by atoms with Crippen molar-refractivity contribution in [3.8, 4) is 0 Å². The molecular formula is C17H31N3. The van der Waals surface area contributed by atoms with Gasteiger partial charge in [-0.1, -0.05) is 20.8 Å². The van der Waals surface area contributed by atoms with Gasteiger partial charge in [-0.05, 0) is 57.9 Å². The first-order valence-corrected chi connectivity index (χ1v) is 8.28. The quantitative estimate of drug-likeness (QED) is 0.825. The Hall–Kier alpha value is -0.830. The highest BCUT2D eigenvalue weighted by Gasteiger charge is 2.27. The second-order valence-corrected chi connectivity index (χ2v) is 6.84. The van der Waals surface area contributed by atoms with Gasteiger partial charge in [0.25, 0.3) is 0 Å². The van der Waals surface area contributed by atoms with Crippen molar-refractivity contribution in [2.45, 2.75) is 72.9 Å². The van der Waals surface area contributed by atoms with Crippen LogP contribution in [0, 0.1) is 25.7 Å². The van der Waals surface area contributed by atoms with Gasteiger partial charge in [-0.25, -0.2) is 0 Å². The lowest BCUT2D eigenvalue weighted by Gasteiger charge is -2.32. The van der Waals surface area contributed by atoms with Gasteiger partial charge in [-0.15, -0.1) is 0 Å². The van der Waals surface area contributed by atoms with Crippen LogP contribution in [0.1, 0.15) is 69.4 Å². The van der Waals surface area contributed by atoms with E-state index in [9.17, 15) is 0 Å². The van der Waals surface area contributed by atoms with E-state index in [4.69, 9.17) is 5.10 Å². The molecule has 1 N–H and O–H groups in total. The Kier molecular flexibility index (Phi) is 5.25. The Morgan fingerprint density at radius 1 is 1.15 bits per heavy atom. The molecule has 2 atom stereocenters. The first-order valence-electron chi connectivity index (χ1n) is 8.28. The van der Waals surface area contributed by atoms with Crippen LogP contribution in [-0.2, 0) is 6.54 Å². The largest absolute Gasteiger partial charge is 0.313 e. The first kappa shape index (κ1) is 15.6. The average molecular weight is 277 g/mol. The van der Waals surface area contributed by atoms with Crippen molar-refractivity contribution in [3.05, 3.63) is 17.0 Å². The van der Waals surface area contributed by atoms with E-state index in [1.165, 1.54) is 42.6 Å². The molecule has 1 saturated carbocycles. The molecule has 2 rings (SSSR count). The number of rotatable bonds is 5. The Morgan fingerprint density at radius 2 is 1.80 bits per heavy atom. The van der Waals surface area contributed by atoms with Crippen molar-refractivity contribution < 1.29 is 0 Å². The molecule has 0 radical (unpaired) electrons. The zero-order valence-corrected chi connectivity index (χ0v) is 13.9. The maximum atomic E-state index is 4.86. The fourth-order valence-electron chi connectivity index (χ4n) is 3.80. The molecule has 0 spiro atoms. The summed E-state index contributed by atoms with van der Waals surface area (Å²) in [7, 11) is 0. The lowest BCUT2D eigenvalue weighted by Crippen LogP contribution is -2.24. The summed E-state index contributed by atoms with van der Waals surface area (Å²) in [5, 5.41) is 8.37. The summed E-state index contributed by atoms with van der Waals surface area (Å²) in [6, 6.07) is 0.604. The SMILES string of the molecule is CCCNCc1c(C)nn(C2CC(C)CC(C)C2)c1C. The molecule has 1 aliphatic carbocycles. The van der Waals surface area contributed by atoms with Crippen LogP contribution in [0.3, 0.4) is 0 Å². The molecule has 1 aliphatic rings. The van der Waals surface area contributed by atoms with Gasteiger partial charge in [-0.3, -0.25) is 4.68 Å². The molecule has 1 heterocycles. The van der Waals surface area contributed by atoms with Gasteiger partial charge in [0.05, 0.1) is 11.7 Å². The summed E-state index contributed by atoms with van der Waals surface area (Å²) in [6.45, 7) is 13.4. The molecule has 2 unspecified atom stereocenters. The smallest absolute Gasteiger partial charge is 0.0641 e. The molecule has 114 valence electrons. The molecule has 0 aliphatic heterocycles. The Labute approximate surface area is 124 Å². The van der Waals surface area contributed by atoms with E-state index in [1.807, 2.05) is 0 Å². The zero-order chi connectivity index (χ0) is 14.7. The normalized spacial score (nSPS) is 26.9. The number of nitrogens with one attached hydrogen (secondary N) is 1. The van der Waals surface area contributed by atoms with E-state index >= 15 is 0 Å². The highest BCUT2D eigenvalue weighted by molar-refractivity contribution is 5.25. The topological polar surface area (TPSA) is 29.9 Å². The number of aromatic nitrogens is 2. The molecule has 0 amide bonds. The minimum Gasteiger partial charge on any atom is -0.313 e. The average Bonchev–Trinajstić information content (AvgIpc) is 2.65. The third-order valence-corrected chi connectivity index (χ3v) is 4.70. The molecule has 1 fully saturated rings. The molecule has 0 saturated heterocycles. The Balaban J connectivity index is 2.14. The van der Waals surface area contributed by atoms with Gasteiger partial charge in [0.15, 0.2) is 0 Å². The van der Waals surface area contributed by atoms with Crippen LogP contribution in [0.15, 0.2) is 0 Å². The van der Waals surface area contributed by atoms with E-state index in [1.54, 1.807) is 0 Å². The van der Waals surface area contributed by atoms with Gasteiger partial charge < -0.3 is 5.32 Å². The Morgan fingerprint density at radius 3 is 2.40 bits per heavy atom. The molecule has 0 aromatic carbocycles. The van der Waals surface area contributed by atoms with Gasteiger partial charge in [-0.2, -0.15) is 5.10 Å². The van der Waals surface area contributed by atoms with E-state index in [-0.39, 0.29) is 0 Å². The number of aryl methyl sites for hydroxylation is 1. The molecule has 0 bridgehead atoms. The van der Waals surface area contributed by atoms with Crippen LogP contribution in [0.25, 0.3) is 0 Å². The first-order chi connectivity index (χ1) is 9.52. The number of hydrogen-bond acceptors (Lipinski definition) is 2. The van der Waals surface area contributed by atoms with Crippen molar-refractivity contribution >= 4 is 0 Å². The fraction of sp³-hybridized carbons (Fsp3) is 0.824. The van der Waals surface area contributed by atoms with Gasteiger partial charge in [0.2, 0.25) is 0 Å². The maximum absolute atomic E-state index is 4.86. The van der Waals surface area contributed by atoms with E-state index in [0.29, 0.717) is 6.04 Å². The Bertz CT molecular complexity index is 426. The summed E-state index contributed by atoms with van der Waals surface area (Å²) >= 11 is 0. The van der Waals surface area contributed by atoms with E-state index in [2.05, 4.69) is 44.6 Å². The van der Waals surface area contributed by atoms with Gasteiger partial charge in [0, 0.05) is 17.8 Å². The summed E-state index contributed by atoms with van der Waals surface area (Å²) in [4.78, 5) is 0. The van der Waals surface area contributed by atoms with Gasteiger partial charge >= 0.3 is 0 Å². The van der Waals surface area contributed by atoms with Crippen molar-refractivity contribution in [1.29, 1.82) is 0 Å².